The topological polar surface area (TPSA) is 58.5 Å². The van der Waals surface area contributed by atoms with Crippen molar-refractivity contribution in [3.8, 4) is 5.75 Å². The molecule has 2 N–H and O–H groups in total. The van der Waals surface area contributed by atoms with Crippen molar-refractivity contribution in [2.24, 2.45) is 4.99 Å². The first kappa shape index (κ1) is 20.0. The summed E-state index contributed by atoms with van der Waals surface area (Å²) in [6.07, 6.45) is 2.56. The van der Waals surface area contributed by atoms with E-state index >= 15 is 0 Å². The highest BCUT2D eigenvalue weighted by molar-refractivity contribution is 6.29. The summed E-state index contributed by atoms with van der Waals surface area (Å²) in [6.45, 7) is 6.08. The van der Waals surface area contributed by atoms with Crippen molar-refractivity contribution >= 4 is 17.6 Å². The monoisotopic (exact) mass is 378 g/mol. The highest BCUT2D eigenvalue weighted by Gasteiger charge is 2.04. The van der Waals surface area contributed by atoms with Gasteiger partial charge in [0.2, 0.25) is 0 Å². The lowest BCUT2D eigenvalue weighted by molar-refractivity contribution is 0.321. The largest absolute Gasteiger partial charge is 0.491 e. The lowest BCUT2D eigenvalue weighted by atomic mass is 10.2. The van der Waals surface area contributed by atoms with Gasteiger partial charge in [-0.3, -0.25) is 0 Å². The number of hydrogen-bond donors (Lipinski definition) is 2. The van der Waals surface area contributed by atoms with Crippen LogP contribution in [0.5, 0.6) is 5.75 Å². The molecule has 0 spiro atoms. The van der Waals surface area contributed by atoms with Crippen LogP contribution < -0.4 is 15.4 Å². The predicted octanol–water partition coefficient (Wildman–Crippen LogP) is 3.57. The molecular formula is C19H24ClFN4O. The highest BCUT2D eigenvalue weighted by Crippen LogP contribution is 2.18. The molecule has 5 nitrogen and oxygen atoms in total. The van der Waals surface area contributed by atoms with Crippen LogP contribution in [0.15, 0.2) is 41.5 Å². The Labute approximate surface area is 158 Å². The van der Waals surface area contributed by atoms with Crippen molar-refractivity contribution in [3.63, 3.8) is 0 Å². The zero-order chi connectivity index (χ0) is 18.8. The van der Waals surface area contributed by atoms with Crippen LogP contribution in [0.1, 0.15) is 25.0 Å². The van der Waals surface area contributed by atoms with Gasteiger partial charge >= 0.3 is 0 Å². The minimum Gasteiger partial charge on any atom is -0.491 e. The number of ether oxygens (including phenoxy) is 1. The number of aliphatic imine (C=N–C) groups is 1. The van der Waals surface area contributed by atoms with Gasteiger partial charge in [0.05, 0.1) is 13.2 Å². The van der Waals surface area contributed by atoms with E-state index in [1.165, 1.54) is 6.07 Å². The number of rotatable bonds is 8. The predicted molar refractivity (Wildman–Crippen MR) is 103 cm³/mol. The number of nitrogens with zero attached hydrogens (tertiary/aromatic N) is 2. The standard InChI is InChI=1S/C19H24ClFN4O/c1-3-22-19(23-10-9-14-6-8-18(20)24-12-14)25-13-15-5-7-17(26-4-2)16(21)11-15/h5-8,11-12H,3-4,9-10,13H2,1-2H3,(H2,22,23,25). The molecule has 2 aromatic rings. The van der Waals surface area contributed by atoms with Gasteiger partial charge in [-0.15, -0.1) is 0 Å². The average molecular weight is 379 g/mol. The molecule has 1 heterocycles. The molecule has 0 amide bonds. The van der Waals surface area contributed by atoms with E-state index in [0.717, 1.165) is 24.1 Å². The van der Waals surface area contributed by atoms with Crippen LogP contribution in [0, 0.1) is 5.82 Å². The van der Waals surface area contributed by atoms with Crippen LogP contribution in [0.3, 0.4) is 0 Å². The molecule has 0 aliphatic carbocycles. The van der Waals surface area contributed by atoms with Gasteiger partial charge in [0, 0.05) is 19.3 Å². The van der Waals surface area contributed by atoms with E-state index in [-0.39, 0.29) is 11.6 Å². The Balaban J connectivity index is 1.91. The van der Waals surface area contributed by atoms with Crippen LogP contribution in [-0.4, -0.2) is 30.6 Å². The van der Waals surface area contributed by atoms with Crippen molar-refractivity contribution in [1.82, 2.24) is 15.6 Å². The first-order valence-corrected chi connectivity index (χ1v) is 9.04. The highest BCUT2D eigenvalue weighted by atomic mass is 35.5. The van der Waals surface area contributed by atoms with Crippen molar-refractivity contribution in [3.05, 3.63) is 58.6 Å². The maximum absolute atomic E-state index is 13.9. The molecule has 140 valence electrons. The number of nitrogens with one attached hydrogen (secondary N) is 2. The summed E-state index contributed by atoms with van der Waals surface area (Å²) >= 11 is 5.78. The lowest BCUT2D eigenvalue weighted by Crippen LogP contribution is -2.38. The second-order valence-electron chi connectivity index (χ2n) is 5.56. The van der Waals surface area contributed by atoms with E-state index in [4.69, 9.17) is 16.3 Å². The third-order valence-electron chi connectivity index (χ3n) is 3.55. The van der Waals surface area contributed by atoms with Crippen molar-refractivity contribution in [2.45, 2.75) is 26.8 Å². The second-order valence-corrected chi connectivity index (χ2v) is 5.95. The molecule has 0 unspecified atom stereocenters. The Hall–Kier alpha value is -2.34. The summed E-state index contributed by atoms with van der Waals surface area (Å²) in [4.78, 5) is 8.56. The molecule has 0 radical (unpaired) electrons. The van der Waals surface area contributed by atoms with Gasteiger partial charge in [0.1, 0.15) is 5.15 Å². The van der Waals surface area contributed by atoms with E-state index < -0.39 is 0 Å². The van der Waals surface area contributed by atoms with Gasteiger partial charge in [-0.05, 0) is 49.6 Å². The molecule has 26 heavy (non-hydrogen) atoms. The van der Waals surface area contributed by atoms with Gasteiger partial charge in [0.25, 0.3) is 0 Å². The van der Waals surface area contributed by atoms with E-state index in [0.29, 0.717) is 30.8 Å². The Morgan fingerprint density at radius 3 is 2.65 bits per heavy atom. The molecule has 0 fully saturated rings. The Bertz CT molecular complexity index is 722. The molecule has 0 saturated heterocycles. The third-order valence-corrected chi connectivity index (χ3v) is 3.78. The summed E-state index contributed by atoms with van der Waals surface area (Å²) in [5.41, 5.74) is 1.87. The molecular weight excluding hydrogens is 355 g/mol. The number of guanidine groups is 1. The summed E-state index contributed by atoms with van der Waals surface area (Å²) < 4.78 is 19.1. The number of pyridine rings is 1. The van der Waals surface area contributed by atoms with E-state index in [9.17, 15) is 4.39 Å². The fourth-order valence-corrected chi connectivity index (χ4v) is 2.42. The van der Waals surface area contributed by atoms with Crippen molar-refractivity contribution in [2.75, 3.05) is 19.7 Å². The molecule has 1 aromatic heterocycles. The summed E-state index contributed by atoms with van der Waals surface area (Å²) in [5, 5.41) is 6.92. The summed E-state index contributed by atoms with van der Waals surface area (Å²) in [5.74, 6) is 0.582. The molecule has 1 aromatic carbocycles. The molecule has 2 rings (SSSR count). The molecule has 0 atom stereocenters. The number of halogens is 2. The van der Waals surface area contributed by atoms with Gasteiger partial charge in [-0.2, -0.15) is 0 Å². The molecule has 0 aliphatic rings. The third kappa shape index (κ3) is 6.52. The molecule has 7 heteroatoms. The van der Waals surface area contributed by atoms with E-state index in [1.807, 2.05) is 26.0 Å². The van der Waals surface area contributed by atoms with Crippen molar-refractivity contribution in [1.29, 1.82) is 0 Å². The van der Waals surface area contributed by atoms with Gasteiger partial charge in [-0.1, -0.05) is 23.7 Å². The second kappa shape index (κ2) is 10.6. The lowest BCUT2D eigenvalue weighted by Gasteiger charge is -2.11. The van der Waals surface area contributed by atoms with Crippen LogP contribution in [0.2, 0.25) is 5.15 Å². The van der Waals surface area contributed by atoms with Crippen LogP contribution in [-0.2, 0) is 13.0 Å². The normalized spacial score (nSPS) is 11.3. The Morgan fingerprint density at radius 2 is 2.00 bits per heavy atom. The summed E-state index contributed by atoms with van der Waals surface area (Å²) in [7, 11) is 0. The average Bonchev–Trinajstić information content (AvgIpc) is 2.63. The Morgan fingerprint density at radius 1 is 1.19 bits per heavy atom. The molecule has 0 aliphatic heterocycles. The quantitative estimate of drug-likeness (QED) is 0.419. The van der Waals surface area contributed by atoms with E-state index in [2.05, 4.69) is 20.6 Å². The molecule has 0 saturated carbocycles. The zero-order valence-corrected chi connectivity index (χ0v) is 15.8. The Kier molecular flexibility index (Phi) is 8.15. The fourth-order valence-electron chi connectivity index (χ4n) is 2.31. The van der Waals surface area contributed by atoms with Gasteiger partial charge in [-0.25, -0.2) is 14.4 Å². The summed E-state index contributed by atoms with van der Waals surface area (Å²) in [6, 6.07) is 8.63. The van der Waals surface area contributed by atoms with Crippen LogP contribution >= 0.6 is 11.6 Å². The van der Waals surface area contributed by atoms with Gasteiger partial charge < -0.3 is 15.4 Å². The minimum absolute atomic E-state index is 0.266. The van der Waals surface area contributed by atoms with Crippen LogP contribution in [0.4, 0.5) is 4.39 Å². The maximum atomic E-state index is 13.9. The number of benzene rings is 1. The SMILES string of the molecule is CCNC(=NCc1ccc(OCC)c(F)c1)NCCc1ccc(Cl)nc1. The smallest absolute Gasteiger partial charge is 0.191 e. The maximum Gasteiger partial charge on any atom is 0.191 e. The van der Waals surface area contributed by atoms with Crippen LogP contribution in [0.25, 0.3) is 0 Å². The van der Waals surface area contributed by atoms with Crippen molar-refractivity contribution < 1.29 is 9.13 Å². The molecule has 0 bridgehead atoms. The van der Waals surface area contributed by atoms with E-state index in [1.54, 1.807) is 18.3 Å². The fraction of sp³-hybridized carbons (Fsp3) is 0.368. The van der Waals surface area contributed by atoms with Gasteiger partial charge in [0.15, 0.2) is 17.5 Å². The first-order valence-electron chi connectivity index (χ1n) is 8.66. The number of aromatic nitrogens is 1. The zero-order valence-electron chi connectivity index (χ0n) is 15.1. The number of hydrogen-bond acceptors (Lipinski definition) is 3. The minimum atomic E-state index is -0.368. The first-order chi connectivity index (χ1) is 12.6.